The summed E-state index contributed by atoms with van der Waals surface area (Å²) in [7, 11) is 0. The topological polar surface area (TPSA) is 80.2 Å². The predicted molar refractivity (Wildman–Crippen MR) is 98.9 cm³/mol. The van der Waals surface area contributed by atoms with E-state index in [9.17, 15) is 4.79 Å². The molecule has 7 heteroatoms. The van der Waals surface area contributed by atoms with E-state index < -0.39 is 0 Å². The summed E-state index contributed by atoms with van der Waals surface area (Å²) in [5.41, 5.74) is 0.871. The van der Waals surface area contributed by atoms with Gasteiger partial charge in [0.05, 0.1) is 11.7 Å². The number of pyridine rings is 1. The fraction of sp³-hybridized carbons (Fsp3) is 0.579. The van der Waals surface area contributed by atoms with Crippen molar-refractivity contribution in [3.63, 3.8) is 0 Å². The Balaban J connectivity index is 1.31. The molecule has 4 rings (SSSR count). The van der Waals surface area contributed by atoms with Crippen LogP contribution in [0.1, 0.15) is 32.1 Å². The van der Waals surface area contributed by atoms with Crippen LogP contribution in [-0.4, -0.2) is 53.2 Å². The second-order valence-electron chi connectivity index (χ2n) is 7.18. The molecule has 0 bridgehead atoms. The van der Waals surface area contributed by atoms with Gasteiger partial charge >= 0.3 is 0 Å². The number of hydrogen-bond donors (Lipinski definition) is 1. The van der Waals surface area contributed by atoms with Crippen molar-refractivity contribution < 1.29 is 9.53 Å². The van der Waals surface area contributed by atoms with Crippen LogP contribution in [0.4, 0.5) is 5.82 Å². The maximum Gasteiger partial charge on any atom is 0.220 e. The molecule has 7 nitrogen and oxygen atoms in total. The summed E-state index contributed by atoms with van der Waals surface area (Å²) in [5, 5.41) is 4.21. The molecule has 0 radical (unpaired) electrons. The first-order valence-corrected chi connectivity index (χ1v) is 9.46. The van der Waals surface area contributed by atoms with Crippen molar-refractivity contribution in [3.8, 4) is 0 Å². The van der Waals surface area contributed by atoms with E-state index >= 15 is 0 Å². The van der Waals surface area contributed by atoms with Gasteiger partial charge in [-0.2, -0.15) is 0 Å². The van der Waals surface area contributed by atoms with Crippen LogP contribution in [0.2, 0.25) is 0 Å². The van der Waals surface area contributed by atoms with Gasteiger partial charge in [-0.15, -0.1) is 0 Å². The van der Waals surface area contributed by atoms with Crippen molar-refractivity contribution in [2.24, 2.45) is 5.92 Å². The Bertz CT molecular complexity index is 749. The molecule has 1 N–H and O–H groups in total. The Morgan fingerprint density at radius 3 is 2.81 bits per heavy atom. The highest BCUT2D eigenvalue weighted by Gasteiger charge is 2.24. The van der Waals surface area contributed by atoms with Gasteiger partial charge in [-0.25, -0.2) is 9.97 Å². The summed E-state index contributed by atoms with van der Waals surface area (Å²) in [5.74, 6) is 1.61. The lowest BCUT2D eigenvalue weighted by molar-refractivity contribution is -0.123. The molecule has 0 spiro atoms. The Morgan fingerprint density at radius 1 is 1.19 bits per heavy atom. The van der Waals surface area contributed by atoms with Crippen LogP contribution >= 0.6 is 0 Å². The first-order valence-electron chi connectivity index (χ1n) is 9.46. The van der Waals surface area contributed by atoms with Gasteiger partial charge < -0.3 is 15.0 Å². The molecule has 1 amide bonds. The van der Waals surface area contributed by atoms with Gasteiger partial charge in [-0.3, -0.25) is 9.78 Å². The number of anilines is 1. The predicted octanol–water partition coefficient (Wildman–Crippen LogP) is 1.93. The molecule has 2 aliphatic rings. The number of hydrogen-bond acceptors (Lipinski definition) is 6. The van der Waals surface area contributed by atoms with Gasteiger partial charge in [0.2, 0.25) is 5.91 Å². The number of nitrogens with zero attached hydrogens (tertiary/aromatic N) is 4. The zero-order valence-corrected chi connectivity index (χ0v) is 14.9. The summed E-state index contributed by atoms with van der Waals surface area (Å²) < 4.78 is 5.34. The first-order chi connectivity index (χ1) is 12.8. The highest BCUT2D eigenvalue weighted by Crippen LogP contribution is 2.28. The monoisotopic (exact) mass is 355 g/mol. The third-order valence-corrected chi connectivity index (χ3v) is 5.39. The van der Waals surface area contributed by atoms with Crippen LogP contribution in [0.5, 0.6) is 0 Å². The highest BCUT2D eigenvalue weighted by atomic mass is 16.5. The van der Waals surface area contributed by atoms with E-state index in [1.807, 2.05) is 6.07 Å². The van der Waals surface area contributed by atoms with Crippen molar-refractivity contribution in [1.29, 1.82) is 0 Å². The summed E-state index contributed by atoms with van der Waals surface area (Å²) in [6.45, 7) is 3.35. The van der Waals surface area contributed by atoms with Crippen LogP contribution < -0.4 is 10.2 Å². The number of amides is 1. The van der Waals surface area contributed by atoms with Crippen LogP contribution in [0, 0.1) is 5.92 Å². The molecular weight excluding hydrogens is 330 g/mol. The van der Waals surface area contributed by atoms with Gasteiger partial charge in [0, 0.05) is 50.3 Å². The maximum atomic E-state index is 12.3. The lowest BCUT2D eigenvalue weighted by Gasteiger charge is -2.33. The molecule has 4 heterocycles. The van der Waals surface area contributed by atoms with Crippen LogP contribution in [-0.2, 0) is 9.53 Å². The van der Waals surface area contributed by atoms with E-state index in [1.165, 1.54) is 0 Å². The Kier molecular flexibility index (Phi) is 5.24. The number of piperidine rings is 1. The fourth-order valence-corrected chi connectivity index (χ4v) is 3.88. The number of rotatable bonds is 4. The van der Waals surface area contributed by atoms with Crippen LogP contribution in [0.3, 0.4) is 0 Å². The Morgan fingerprint density at radius 2 is 2.00 bits per heavy atom. The smallest absolute Gasteiger partial charge is 0.220 e. The van der Waals surface area contributed by atoms with E-state index in [4.69, 9.17) is 4.74 Å². The van der Waals surface area contributed by atoms with Gasteiger partial charge in [-0.1, -0.05) is 0 Å². The third-order valence-electron chi connectivity index (χ3n) is 5.39. The SMILES string of the molecule is O=C(CC1CCN(c2ncnc3cnccc23)CC1)NC1CCOCC1. The van der Waals surface area contributed by atoms with Crippen molar-refractivity contribution in [3.05, 3.63) is 24.8 Å². The summed E-state index contributed by atoms with van der Waals surface area (Å²) in [6, 6.07) is 2.26. The normalized spacial score (nSPS) is 19.6. The number of aromatic nitrogens is 3. The molecule has 0 aliphatic carbocycles. The fourth-order valence-electron chi connectivity index (χ4n) is 3.88. The van der Waals surface area contributed by atoms with E-state index in [0.29, 0.717) is 12.3 Å². The number of fused-ring (bicyclic) bond motifs is 1. The van der Waals surface area contributed by atoms with Crippen molar-refractivity contribution in [2.45, 2.75) is 38.1 Å². The molecule has 2 saturated heterocycles. The minimum Gasteiger partial charge on any atom is -0.381 e. The quantitative estimate of drug-likeness (QED) is 0.903. The molecule has 0 aromatic carbocycles. The number of carbonyl (C=O) groups excluding carboxylic acids is 1. The Labute approximate surface area is 153 Å². The summed E-state index contributed by atoms with van der Waals surface area (Å²) in [6.07, 6.45) is 9.66. The lowest BCUT2D eigenvalue weighted by atomic mass is 9.92. The number of ether oxygens (including phenoxy) is 1. The zero-order chi connectivity index (χ0) is 17.8. The first kappa shape index (κ1) is 17.1. The average Bonchev–Trinajstić information content (AvgIpc) is 2.69. The van der Waals surface area contributed by atoms with E-state index in [0.717, 1.165) is 68.7 Å². The second kappa shape index (κ2) is 7.95. The minimum absolute atomic E-state index is 0.189. The molecule has 2 aromatic heterocycles. The third kappa shape index (κ3) is 3.93. The molecule has 26 heavy (non-hydrogen) atoms. The molecule has 138 valence electrons. The van der Waals surface area contributed by atoms with Gasteiger partial charge in [0.1, 0.15) is 12.1 Å². The molecule has 0 unspecified atom stereocenters. The molecule has 2 fully saturated rings. The summed E-state index contributed by atoms with van der Waals surface area (Å²) >= 11 is 0. The van der Waals surface area contributed by atoms with Crippen molar-refractivity contribution in [2.75, 3.05) is 31.2 Å². The van der Waals surface area contributed by atoms with E-state index in [2.05, 4.69) is 25.2 Å². The van der Waals surface area contributed by atoms with E-state index in [-0.39, 0.29) is 11.9 Å². The molecule has 0 saturated carbocycles. The number of carbonyl (C=O) groups is 1. The van der Waals surface area contributed by atoms with Crippen LogP contribution in [0.25, 0.3) is 10.9 Å². The second-order valence-corrected chi connectivity index (χ2v) is 7.18. The van der Waals surface area contributed by atoms with Gasteiger partial charge in [0.15, 0.2) is 0 Å². The Hall–Kier alpha value is -2.28. The van der Waals surface area contributed by atoms with Gasteiger partial charge in [-0.05, 0) is 37.7 Å². The van der Waals surface area contributed by atoms with Crippen molar-refractivity contribution >= 4 is 22.6 Å². The maximum absolute atomic E-state index is 12.3. The summed E-state index contributed by atoms with van der Waals surface area (Å²) in [4.78, 5) is 27.5. The molecule has 0 atom stereocenters. The molecule has 2 aromatic rings. The van der Waals surface area contributed by atoms with Crippen LogP contribution in [0.15, 0.2) is 24.8 Å². The van der Waals surface area contributed by atoms with Gasteiger partial charge in [0.25, 0.3) is 0 Å². The lowest BCUT2D eigenvalue weighted by Crippen LogP contribution is -2.41. The average molecular weight is 355 g/mol. The standard InChI is InChI=1S/C19H25N5O2/c25-18(23-15-4-9-26-10-5-15)11-14-2-7-24(8-3-14)19-16-1-6-20-12-17(16)21-13-22-19/h1,6,12-15H,2-5,7-11H2,(H,23,25). The largest absolute Gasteiger partial charge is 0.381 e. The minimum atomic E-state index is 0.189. The molecule has 2 aliphatic heterocycles. The zero-order valence-electron chi connectivity index (χ0n) is 14.9. The van der Waals surface area contributed by atoms with Crippen molar-refractivity contribution in [1.82, 2.24) is 20.3 Å². The highest BCUT2D eigenvalue weighted by molar-refractivity contribution is 5.88. The van der Waals surface area contributed by atoms with E-state index in [1.54, 1.807) is 18.7 Å². The molecular formula is C19H25N5O2. The number of nitrogens with one attached hydrogen (secondary N) is 1.